The van der Waals surface area contributed by atoms with E-state index in [-0.39, 0.29) is 42.0 Å². The van der Waals surface area contributed by atoms with Crippen LogP contribution in [0.4, 0.5) is 23.2 Å². The van der Waals surface area contributed by atoms with Crippen molar-refractivity contribution < 1.29 is 31.9 Å². The molecule has 2 unspecified atom stereocenters. The molecule has 4 rings (SSSR count). The summed E-state index contributed by atoms with van der Waals surface area (Å²) in [5.41, 5.74) is 3.33. The lowest BCUT2D eigenvalue weighted by Crippen LogP contribution is -2.54. The Bertz CT molecular complexity index is 1120. The minimum absolute atomic E-state index is 0.00239. The number of anilines is 1. The van der Waals surface area contributed by atoms with Gasteiger partial charge in [0.25, 0.3) is 5.91 Å². The maximum Gasteiger partial charge on any atom is 0.417 e. The van der Waals surface area contributed by atoms with Crippen LogP contribution in [0.5, 0.6) is 0 Å². The second-order valence-electron chi connectivity index (χ2n) is 7.44. The highest BCUT2D eigenvalue weighted by Gasteiger charge is 2.54. The first-order valence-corrected chi connectivity index (χ1v) is 9.38. The Morgan fingerprint density at radius 3 is 2.72 bits per heavy atom. The predicted octanol–water partition coefficient (Wildman–Crippen LogP) is 2.12. The third-order valence-corrected chi connectivity index (χ3v) is 5.48. The van der Waals surface area contributed by atoms with Gasteiger partial charge in [0.2, 0.25) is 5.91 Å². The van der Waals surface area contributed by atoms with E-state index in [1.54, 1.807) is 0 Å². The highest BCUT2D eigenvalue weighted by atomic mass is 19.4. The topological polar surface area (TPSA) is 110 Å². The molecule has 0 aliphatic carbocycles. The molecule has 2 aliphatic rings. The number of benzene rings is 1. The standard InChI is InChI=1S/C20H17F4N5O3/c1-29-17(31)13-8-32-9-19(13,28-18(29)25)12-6-11(3-4-14(12)21)27-16(30)15-5-2-10(7-26-15)20(22,23)24/h2-7,13H,8-9H2,1H3,(H2,25,28)(H,27,30). The van der Waals surface area contributed by atoms with E-state index in [4.69, 9.17) is 10.5 Å². The van der Waals surface area contributed by atoms with Crippen LogP contribution in [0.2, 0.25) is 0 Å². The molecule has 3 heterocycles. The number of aromatic nitrogens is 1. The van der Waals surface area contributed by atoms with Crippen LogP contribution < -0.4 is 11.1 Å². The van der Waals surface area contributed by atoms with Crippen LogP contribution >= 0.6 is 0 Å². The number of alkyl halides is 3. The number of aliphatic imine (C=N–C) groups is 1. The molecule has 1 aromatic heterocycles. The smallest absolute Gasteiger partial charge is 0.378 e. The monoisotopic (exact) mass is 451 g/mol. The number of fused-ring (bicyclic) bond motifs is 1. The number of halogens is 4. The molecular weight excluding hydrogens is 434 g/mol. The molecule has 8 nitrogen and oxygen atoms in total. The van der Waals surface area contributed by atoms with Crippen LogP contribution in [0.1, 0.15) is 21.6 Å². The summed E-state index contributed by atoms with van der Waals surface area (Å²) in [6.07, 6.45) is -4.03. The SMILES string of the molecule is CN1C(=O)C2COCC2(c2cc(NC(=O)c3ccc(C(F)(F)F)cn3)ccc2F)N=C1N. The van der Waals surface area contributed by atoms with E-state index < -0.39 is 34.9 Å². The van der Waals surface area contributed by atoms with Gasteiger partial charge in [-0.3, -0.25) is 19.5 Å². The third-order valence-electron chi connectivity index (χ3n) is 5.48. The van der Waals surface area contributed by atoms with Gasteiger partial charge in [0.05, 0.1) is 24.7 Å². The van der Waals surface area contributed by atoms with E-state index in [9.17, 15) is 27.2 Å². The summed E-state index contributed by atoms with van der Waals surface area (Å²) in [6.45, 7) is -0.0712. The molecule has 32 heavy (non-hydrogen) atoms. The highest BCUT2D eigenvalue weighted by Crippen LogP contribution is 2.44. The number of nitrogens with one attached hydrogen (secondary N) is 1. The Labute approximate surface area is 179 Å². The number of carbonyl (C=O) groups is 2. The zero-order valence-electron chi connectivity index (χ0n) is 16.6. The molecule has 1 aromatic carbocycles. The number of nitrogens with two attached hydrogens (primary N) is 1. The van der Waals surface area contributed by atoms with Gasteiger partial charge in [-0.2, -0.15) is 13.2 Å². The number of nitrogens with zero attached hydrogens (tertiary/aromatic N) is 3. The van der Waals surface area contributed by atoms with Crippen molar-refractivity contribution in [2.75, 3.05) is 25.6 Å². The Morgan fingerprint density at radius 2 is 2.06 bits per heavy atom. The first-order valence-electron chi connectivity index (χ1n) is 9.38. The second kappa shape index (κ2) is 7.55. The molecule has 0 radical (unpaired) electrons. The van der Waals surface area contributed by atoms with Crippen LogP contribution in [0, 0.1) is 11.7 Å². The first kappa shape index (κ1) is 21.7. The molecule has 0 bridgehead atoms. The molecule has 12 heteroatoms. The summed E-state index contributed by atoms with van der Waals surface area (Å²) in [7, 11) is 1.45. The van der Waals surface area contributed by atoms with E-state index in [0.717, 1.165) is 23.1 Å². The van der Waals surface area contributed by atoms with E-state index in [1.165, 1.54) is 19.2 Å². The van der Waals surface area contributed by atoms with Crippen molar-refractivity contribution in [2.45, 2.75) is 11.7 Å². The number of hydrogen-bond donors (Lipinski definition) is 2. The summed E-state index contributed by atoms with van der Waals surface area (Å²) in [6, 6.07) is 5.33. The van der Waals surface area contributed by atoms with Gasteiger partial charge in [-0.05, 0) is 30.3 Å². The van der Waals surface area contributed by atoms with Gasteiger partial charge in [-0.15, -0.1) is 0 Å². The molecule has 1 saturated heterocycles. The second-order valence-corrected chi connectivity index (χ2v) is 7.44. The fourth-order valence-electron chi connectivity index (χ4n) is 3.73. The zero-order chi connectivity index (χ0) is 23.3. The van der Waals surface area contributed by atoms with Gasteiger partial charge < -0.3 is 15.8 Å². The van der Waals surface area contributed by atoms with Gasteiger partial charge in [0.15, 0.2) is 5.96 Å². The molecule has 2 aromatic rings. The van der Waals surface area contributed by atoms with Crippen molar-refractivity contribution >= 4 is 23.5 Å². The number of amides is 2. The van der Waals surface area contributed by atoms with Crippen molar-refractivity contribution in [2.24, 2.45) is 16.6 Å². The first-order chi connectivity index (χ1) is 15.0. The summed E-state index contributed by atoms with van der Waals surface area (Å²) in [4.78, 5) is 34.1. The number of carbonyl (C=O) groups excluding carboxylic acids is 2. The van der Waals surface area contributed by atoms with E-state index in [2.05, 4.69) is 15.3 Å². The zero-order valence-corrected chi connectivity index (χ0v) is 16.6. The molecule has 2 aliphatic heterocycles. The van der Waals surface area contributed by atoms with Gasteiger partial charge >= 0.3 is 6.18 Å². The van der Waals surface area contributed by atoms with Crippen molar-refractivity contribution in [3.63, 3.8) is 0 Å². The van der Waals surface area contributed by atoms with Crippen LogP contribution in [0.3, 0.4) is 0 Å². The Kier molecular flexibility index (Phi) is 5.12. The molecule has 3 N–H and O–H groups in total. The minimum Gasteiger partial charge on any atom is -0.378 e. The number of rotatable bonds is 3. The van der Waals surface area contributed by atoms with Crippen LogP contribution in [0.25, 0.3) is 0 Å². The minimum atomic E-state index is -4.58. The van der Waals surface area contributed by atoms with Gasteiger partial charge in [0.1, 0.15) is 17.1 Å². The van der Waals surface area contributed by atoms with E-state index in [0.29, 0.717) is 6.20 Å². The molecule has 0 saturated carbocycles. The Balaban J connectivity index is 1.65. The lowest BCUT2D eigenvalue weighted by molar-refractivity contribution is -0.138. The van der Waals surface area contributed by atoms with Crippen LogP contribution in [-0.2, 0) is 21.2 Å². The molecule has 168 valence electrons. The average Bonchev–Trinajstić information content (AvgIpc) is 3.17. The summed E-state index contributed by atoms with van der Waals surface area (Å²) in [5, 5.41) is 2.47. The maximum atomic E-state index is 14.8. The van der Waals surface area contributed by atoms with E-state index >= 15 is 0 Å². The van der Waals surface area contributed by atoms with Crippen molar-refractivity contribution in [3.05, 3.63) is 59.2 Å². The van der Waals surface area contributed by atoms with E-state index in [1.807, 2.05) is 0 Å². The average molecular weight is 451 g/mol. The Morgan fingerprint density at radius 1 is 1.31 bits per heavy atom. The van der Waals surface area contributed by atoms with Gasteiger partial charge in [-0.1, -0.05) is 0 Å². The number of hydrogen-bond acceptors (Lipinski definition) is 6. The number of pyridine rings is 1. The fourth-order valence-corrected chi connectivity index (χ4v) is 3.73. The largest absolute Gasteiger partial charge is 0.417 e. The van der Waals surface area contributed by atoms with Crippen molar-refractivity contribution in [3.8, 4) is 0 Å². The van der Waals surface area contributed by atoms with Gasteiger partial charge in [0, 0.05) is 24.5 Å². The summed E-state index contributed by atoms with van der Waals surface area (Å²) >= 11 is 0. The lowest BCUT2D eigenvalue weighted by atomic mass is 9.78. The van der Waals surface area contributed by atoms with Gasteiger partial charge in [-0.25, -0.2) is 9.38 Å². The quantitative estimate of drug-likeness (QED) is 0.695. The third kappa shape index (κ3) is 3.55. The van der Waals surface area contributed by atoms with Crippen LogP contribution in [0.15, 0.2) is 41.5 Å². The normalized spacial score (nSPS) is 23.0. The van der Waals surface area contributed by atoms with Crippen molar-refractivity contribution in [1.82, 2.24) is 9.88 Å². The number of guanidine groups is 1. The molecule has 1 fully saturated rings. The molecular formula is C20H17F4N5O3. The fraction of sp³-hybridized carbons (Fsp3) is 0.300. The lowest BCUT2D eigenvalue weighted by Gasteiger charge is -2.37. The summed E-state index contributed by atoms with van der Waals surface area (Å²) < 4.78 is 58.3. The molecule has 2 atom stereocenters. The molecule has 0 spiro atoms. The Hall–Kier alpha value is -3.54. The van der Waals surface area contributed by atoms with Crippen molar-refractivity contribution in [1.29, 1.82) is 0 Å². The maximum absolute atomic E-state index is 14.8. The number of ether oxygens (including phenoxy) is 1. The highest BCUT2D eigenvalue weighted by molar-refractivity contribution is 6.03. The predicted molar refractivity (Wildman–Crippen MR) is 104 cm³/mol. The summed E-state index contributed by atoms with van der Waals surface area (Å²) in [5.74, 6) is -2.76. The molecule has 2 amide bonds. The van der Waals surface area contributed by atoms with Crippen LogP contribution in [-0.4, -0.2) is 47.9 Å².